The van der Waals surface area contributed by atoms with E-state index in [0.29, 0.717) is 18.4 Å². The van der Waals surface area contributed by atoms with Gasteiger partial charge in [-0.15, -0.1) is 0 Å². The second-order valence-corrected chi connectivity index (χ2v) is 9.47. The van der Waals surface area contributed by atoms with Crippen LogP contribution in [-0.2, 0) is 11.3 Å². The Morgan fingerprint density at radius 1 is 0.853 bits per heavy atom. The Labute approximate surface area is 201 Å². The lowest BCUT2D eigenvalue weighted by Crippen LogP contribution is -2.29. The fraction of sp³-hybridized carbons (Fsp3) is 0.379. The van der Waals surface area contributed by atoms with Crippen LogP contribution in [0.1, 0.15) is 30.1 Å². The molecular weight excluding hydrogens is 429 g/mol. The minimum atomic E-state index is -0.228. The van der Waals surface area contributed by atoms with E-state index in [2.05, 4.69) is 29.2 Å². The van der Waals surface area contributed by atoms with E-state index in [4.69, 9.17) is 14.2 Å². The second kappa shape index (κ2) is 10.6. The third kappa shape index (κ3) is 5.60. The van der Waals surface area contributed by atoms with Gasteiger partial charge in [0.05, 0.1) is 12.2 Å². The van der Waals surface area contributed by atoms with E-state index in [-0.39, 0.29) is 18.0 Å². The number of fused-ring (bicyclic) bond motifs is 1. The number of methoxy groups -OCH3 is 1. The van der Waals surface area contributed by atoms with Gasteiger partial charge in [0.1, 0.15) is 23.9 Å². The highest BCUT2D eigenvalue weighted by Gasteiger charge is 2.42. The van der Waals surface area contributed by atoms with Crippen molar-refractivity contribution < 1.29 is 18.6 Å². The van der Waals surface area contributed by atoms with Crippen LogP contribution in [0.5, 0.6) is 11.5 Å². The molecule has 0 radical (unpaired) electrons. The van der Waals surface area contributed by atoms with E-state index >= 15 is 0 Å². The van der Waals surface area contributed by atoms with Gasteiger partial charge >= 0.3 is 0 Å². The molecule has 5 heteroatoms. The summed E-state index contributed by atoms with van der Waals surface area (Å²) in [5.74, 6) is 2.70. The Morgan fingerprint density at radius 2 is 1.50 bits per heavy atom. The fourth-order valence-corrected chi connectivity index (χ4v) is 5.36. The first-order valence-electron chi connectivity index (χ1n) is 12.1. The summed E-state index contributed by atoms with van der Waals surface area (Å²) >= 11 is 0. The molecule has 3 aromatic rings. The van der Waals surface area contributed by atoms with Gasteiger partial charge < -0.3 is 14.2 Å². The fourth-order valence-electron chi connectivity index (χ4n) is 5.36. The molecule has 3 unspecified atom stereocenters. The summed E-state index contributed by atoms with van der Waals surface area (Å²) in [5, 5.41) is 0. The average molecular weight is 462 g/mol. The van der Waals surface area contributed by atoms with Gasteiger partial charge in [-0.05, 0) is 72.2 Å². The lowest BCUT2D eigenvalue weighted by molar-refractivity contribution is 0.0667. The normalized spacial score (nSPS) is 22.9. The number of likely N-dealkylation sites (tertiary alicyclic amines) is 1. The van der Waals surface area contributed by atoms with Crippen LogP contribution in [0.3, 0.4) is 0 Å². The smallest absolute Gasteiger partial charge is 0.123 e. The van der Waals surface area contributed by atoms with Crippen LogP contribution in [0.15, 0.2) is 78.9 Å². The Balaban J connectivity index is 1.10. The highest BCUT2D eigenvalue weighted by molar-refractivity contribution is 5.29. The molecule has 1 saturated heterocycles. The van der Waals surface area contributed by atoms with Crippen molar-refractivity contribution in [3.63, 3.8) is 0 Å². The minimum Gasteiger partial charge on any atom is -0.490 e. The van der Waals surface area contributed by atoms with Gasteiger partial charge in [0.2, 0.25) is 0 Å². The summed E-state index contributed by atoms with van der Waals surface area (Å²) in [6.45, 7) is 3.60. The van der Waals surface area contributed by atoms with Gasteiger partial charge in [-0.3, -0.25) is 4.90 Å². The molecule has 4 nitrogen and oxygen atoms in total. The van der Waals surface area contributed by atoms with Gasteiger partial charge in [0, 0.05) is 26.7 Å². The predicted octanol–water partition coefficient (Wildman–Crippen LogP) is 5.88. The van der Waals surface area contributed by atoms with Crippen molar-refractivity contribution in [2.24, 2.45) is 11.8 Å². The van der Waals surface area contributed by atoms with Gasteiger partial charge in [-0.1, -0.05) is 42.5 Å². The van der Waals surface area contributed by atoms with Crippen LogP contribution in [0, 0.1) is 17.7 Å². The molecule has 1 aliphatic carbocycles. The number of hydrogen-bond donors (Lipinski definition) is 0. The number of rotatable bonds is 9. The maximum Gasteiger partial charge on any atom is 0.123 e. The molecule has 1 aliphatic heterocycles. The van der Waals surface area contributed by atoms with E-state index in [1.807, 2.05) is 30.3 Å². The number of hydrogen-bond acceptors (Lipinski definition) is 4. The Bertz CT molecular complexity index is 1030. The van der Waals surface area contributed by atoms with Gasteiger partial charge in [-0.25, -0.2) is 4.39 Å². The van der Waals surface area contributed by atoms with Gasteiger partial charge in [-0.2, -0.15) is 0 Å². The number of benzene rings is 3. The zero-order chi connectivity index (χ0) is 23.3. The monoisotopic (exact) mass is 461 g/mol. The van der Waals surface area contributed by atoms with E-state index in [0.717, 1.165) is 49.5 Å². The molecule has 0 spiro atoms. The molecule has 2 aliphatic rings. The van der Waals surface area contributed by atoms with E-state index in [9.17, 15) is 4.39 Å². The highest BCUT2D eigenvalue weighted by Crippen LogP contribution is 2.40. The molecule has 5 rings (SSSR count). The van der Waals surface area contributed by atoms with Gasteiger partial charge in [0.15, 0.2) is 0 Å². The molecule has 0 bridgehead atoms. The number of nitrogens with zero attached hydrogens (tertiary/aromatic N) is 1. The van der Waals surface area contributed by atoms with Crippen molar-refractivity contribution in [3.8, 4) is 11.5 Å². The van der Waals surface area contributed by atoms with E-state index in [1.165, 1.54) is 17.7 Å². The molecule has 1 saturated carbocycles. The van der Waals surface area contributed by atoms with E-state index < -0.39 is 0 Å². The molecule has 3 aromatic carbocycles. The summed E-state index contributed by atoms with van der Waals surface area (Å²) in [4.78, 5) is 2.53. The quantitative estimate of drug-likeness (QED) is 0.398. The van der Waals surface area contributed by atoms with Crippen LogP contribution >= 0.6 is 0 Å². The zero-order valence-corrected chi connectivity index (χ0v) is 19.6. The lowest BCUT2D eigenvalue weighted by Gasteiger charge is -2.25. The summed E-state index contributed by atoms with van der Waals surface area (Å²) in [6, 6.07) is 24.8. The van der Waals surface area contributed by atoms with Crippen molar-refractivity contribution in [1.29, 1.82) is 0 Å². The Morgan fingerprint density at radius 3 is 2.15 bits per heavy atom. The number of halogens is 1. The van der Waals surface area contributed by atoms with Crippen molar-refractivity contribution in [1.82, 2.24) is 4.90 Å². The molecule has 1 heterocycles. The molecule has 0 aromatic heterocycles. The van der Waals surface area contributed by atoms with Crippen molar-refractivity contribution in [2.45, 2.75) is 31.7 Å². The lowest BCUT2D eigenvalue weighted by atomic mass is 10.0. The Hall–Kier alpha value is -2.89. The van der Waals surface area contributed by atoms with Crippen LogP contribution in [0.25, 0.3) is 0 Å². The maximum atomic E-state index is 13.1. The number of ether oxygens (including phenoxy) is 3. The zero-order valence-electron chi connectivity index (χ0n) is 19.6. The third-order valence-electron chi connectivity index (χ3n) is 7.11. The second-order valence-electron chi connectivity index (χ2n) is 9.47. The summed E-state index contributed by atoms with van der Waals surface area (Å²) in [5.41, 5.74) is 2.33. The SMILES string of the molecule is COC(CN1CC2CC(Oc3ccc(F)cc3)CC2C1)c1ccc(OCc2ccccc2)cc1. The topological polar surface area (TPSA) is 30.9 Å². The molecular formula is C29H32FNO3. The first-order chi connectivity index (χ1) is 16.7. The molecule has 0 N–H and O–H groups in total. The Kier molecular flexibility index (Phi) is 7.12. The summed E-state index contributed by atoms with van der Waals surface area (Å²) < 4.78 is 31.0. The van der Waals surface area contributed by atoms with Crippen molar-refractivity contribution in [2.75, 3.05) is 26.7 Å². The third-order valence-corrected chi connectivity index (χ3v) is 7.11. The molecule has 178 valence electrons. The standard InChI is InChI=1S/C29H32FNO3/c1-32-29(22-7-11-26(12-8-22)33-20-21-5-3-2-4-6-21)19-31-17-23-15-28(16-24(23)18-31)34-27-13-9-25(30)10-14-27/h2-14,23-24,28-29H,15-20H2,1H3. The van der Waals surface area contributed by atoms with Crippen LogP contribution in [0.2, 0.25) is 0 Å². The first kappa shape index (κ1) is 22.9. The molecule has 0 amide bonds. The van der Waals surface area contributed by atoms with E-state index in [1.54, 1.807) is 19.2 Å². The average Bonchev–Trinajstić information content (AvgIpc) is 3.42. The van der Waals surface area contributed by atoms with Gasteiger partial charge in [0.25, 0.3) is 0 Å². The molecule has 3 atom stereocenters. The predicted molar refractivity (Wildman–Crippen MR) is 130 cm³/mol. The van der Waals surface area contributed by atoms with Crippen molar-refractivity contribution in [3.05, 3.63) is 95.8 Å². The maximum absolute atomic E-state index is 13.1. The highest BCUT2D eigenvalue weighted by atomic mass is 19.1. The largest absolute Gasteiger partial charge is 0.490 e. The van der Waals surface area contributed by atoms with Crippen LogP contribution in [-0.4, -0.2) is 37.7 Å². The van der Waals surface area contributed by atoms with Crippen LogP contribution in [0.4, 0.5) is 4.39 Å². The summed E-state index contributed by atoms with van der Waals surface area (Å²) in [7, 11) is 1.79. The summed E-state index contributed by atoms with van der Waals surface area (Å²) in [6.07, 6.45) is 2.38. The first-order valence-corrected chi connectivity index (χ1v) is 12.1. The molecule has 34 heavy (non-hydrogen) atoms. The van der Waals surface area contributed by atoms with Crippen LogP contribution < -0.4 is 9.47 Å². The minimum absolute atomic E-state index is 0.0354. The van der Waals surface area contributed by atoms with Crippen molar-refractivity contribution >= 4 is 0 Å². The molecule has 2 fully saturated rings.